The molecule has 1 atom stereocenters. The number of hydrogen-bond acceptors (Lipinski definition) is 3. The van der Waals surface area contributed by atoms with E-state index in [4.69, 9.17) is 10.4 Å². The van der Waals surface area contributed by atoms with Crippen LogP contribution in [0, 0.1) is 23.1 Å². The van der Waals surface area contributed by atoms with Gasteiger partial charge in [0, 0.05) is 18.2 Å². The maximum absolute atomic E-state index is 13.5. The maximum Gasteiger partial charge on any atom is 0.129 e. The van der Waals surface area contributed by atoms with E-state index in [0.717, 1.165) is 0 Å². The molecule has 1 aromatic carbocycles. The van der Waals surface area contributed by atoms with Crippen LogP contribution in [0.2, 0.25) is 0 Å². The van der Waals surface area contributed by atoms with E-state index in [2.05, 4.69) is 5.32 Å². The molecule has 0 saturated carbocycles. The zero-order valence-electron chi connectivity index (χ0n) is 10.1. The van der Waals surface area contributed by atoms with Crippen LogP contribution in [0.1, 0.15) is 25.0 Å². The minimum Gasteiger partial charge on any atom is -0.395 e. The van der Waals surface area contributed by atoms with Gasteiger partial charge in [-0.05, 0) is 18.1 Å². The Bertz CT molecular complexity index is 412. The molecule has 0 bridgehead atoms. The molecule has 0 spiro atoms. The molecule has 0 unspecified atom stereocenters. The van der Waals surface area contributed by atoms with Crippen molar-refractivity contribution in [1.29, 1.82) is 5.26 Å². The number of benzene rings is 1. The summed E-state index contributed by atoms with van der Waals surface area (Å²) in [6, 6.07) is 6.24. The molecule has 2 N–H and O–H groups in total. The molecule has 1 rings (SSSR count). The van der Waals surface area contributed by atoms with E-state index in [1.54, 1.807) is 12.1 Å². The van der Waals surface area contributed by atoms with Gasteiger partial charge in [-0.2, -0.15) is 5.26 Å². The lowest BCUT2D eigenvalue weighted by molar-refractivity contribution is 0.209. The molecule has 0 aromatic heterocycles. The maximum atomic E-state index is 13.5. The number of nitrogens with zero attached hydrogens (tertiary/aromatic N) is 1. The van der Waals surface area contributed by atoms with Crippen molar-refractivity contribution in [2.24, 2.45) is 5.92 Å². The van der Waals surface area contributed by atoms with Gasteiger partial charge in [0.2, 0.25) is 0 Å². The number of aliphatic hydroxyl groups excluding tert-OH is 1. The molecule has 0 fully saturated rings. The van der Waals surface area contributed by atoms with Crippen molar-refractivity contribution < 1.29 is 9.50 Å². The fourth-order valence-corrected chi connectivity index (χ4v) is 1.51. The molecule has 0 aliphatic carbocycles. The first-order valence-electron chi connectivity index (χ1n) is 5.61. The summed E-state index contributed by atoms with van der Waals surface area (Å²) >= 11 is 0. The van der Waals surface area contributed by atoms with Gasteiger partial charge >= 0.3 is 0 Å². The summed E-state index contributed by atoms with van der Waals surface area (Å²) in [6.07, 6.45) is 0. The third kappa shape index (κ3) is 3.81. The molecule has 0 amide bonds. The molecule has 4 heteroatoms. The number of rotatable bonds is 5. The second-order valence-corrected chi connectivity index (χ2v) is 4.33. The molecule has 0 aliphatic heterocycles. The molecule has 0 heterocycles. The monoisotopic (exact) mass is 236 g/mol. The Morgan fingerprint density at radius 3 is 2.65 bits per heavy atom. The van der Waals surface area contributed by atoms with Crippen molar-refractivity contribution in [3.8, 4) is 6.07 Å². The molecule has 0 aliphatic rings. The molecule has 0 radical (unpaired) electrons. The summed E-state index contributed by atoms with van der Waals surface area (Å²) in [5, 5.41) is 20.8. The topological polar surface area (TPSA) is 56.0 Å². The average molecular weight is 236 g/mol. The van der Waals surface area contributed by atoms with Gasteiger partial charge in [-0.15, -0.1) is 0 Å². The van der Waals surface area contributed by atoms with Gasteiger partial charge in [0.25, 0.3) is 0 Å². The van der Waals surface area contributed by atoms with Crippen LogP contribution in [0.25, 0.3) is 0 Å². The zero-order chi connectivity index (χ0) is 12.8. The second kappa shape index (κ2) is 6.33. The highest BCUT2D eigenvalue weighted by molar-refractivity contribution is 5.32. The van der Waals surface area contributed by atoms with Crippen LogP contribution < -0.4 is 5.32 Å². The lowest BCUT2D eigenvalue weighted by Crippen LogP contribution is -2.36. The Balaban J connectivity index is 2.67. The van der Waals surface area contributed by atoms with Gasteiger partial charge in [0.1, 0.15) is 5.82 Å². The van der Waals surface area contributed by atoms with Crippen LogP contribution in [0.15, 0.2) is 18.2 Å². The summed E-state index contributed by atoms with van der Waals surface area (Å²) in [5.41, 5.74) is 0.817. The average Bonchev–Trinajstić information content (AvgIpc) is 2.31. The van der Waals surface area contributed by atoms with E-state index in [9.17, 15) is 4.39 Å². The molecule has 17 heavy (non-hydrogen) atoms. The Morgan fingerprint density at radius 2 is 2.18 bits per heavy atom. The van der Waals surface area contributed by atoms with Crippen molar-refractivity contribution in [1.82, 2.24) is 5.32 Å². The highest BCUT2D eigenvalue weighted by Gasteiger charge is 2.12. The third-order valence-electron chi connectivity index (χ3n) is 2.74. The van der Waals surface area contributed by atoms with E-state index in [1.165, 1.54) is 6.07 Å². The summed E-state index contributed by atoms with van der Waals surface area (Å²) in [4.78, 5) is 0. The normalized spacial score (nSPS) is 12.5. The highest BCUT2D eigenvalue weighted by atomic mass is 19.1. The second-order valence-electron chi connectivity index (χ2n) is 4.33. The van der Waals surface area contributed by atoms with Crippen LogP contribution >= 0.6 is 0 Å². The predicted octanol–water partition coefficient (Wildman–Crippen LogP) is 1.80. The van der Waals surface area contributed by atoms with Gasteiger partial charge < -0.3 is 10.4 Å². The van der Waals surface area contributed by atoms with Gasteiger partial charge in [-0.3, -0.25) is 0 Å². The number of nitriles is 1. The number of halogens is 1. The van der Waals surface area contributed by atoms with Gasteiger partial charge in [-0.1, -0.05) is 19.9 Å². The lowest BCUT2D eigenvalue weighted by Gasteiger charge is -2.20. The fraction of sp³-hybridized carbons (Fsp3) is 0.462. The van der Waals surface area contributed by atoms with Crippen LogP contribution in [0.3, 0.4) is 0 Å². The van der Waals surface area contributed by atoms with Crippen LogP contribution in [-0.4, -0.2) is 17.8 Å². The van der Waals surface area contributed by atoms with Crippen molar-refractivity contribution in [3.63, 3.8) is 0 Å². The van der Waals surface area contributed by atoms with E-state index in [1.807, 2.05) is 19.9 Å². The van der Waals surface area contributed by atoms with Crippen molar-refractivity contribution in [2.45, 2.75) is 26.4 Å². The third-order valence-corrected chi connectivity index (χ3v) is 2.74. The lowest BCUT2D eigenvalue weighted by atomic mass is 10.0. The fourth-order valence-electron chi connectivity index (χ4n) is 1.51. The smallest absolute Gasteiger partial charge is 0.129 e. The van der Waals surface area contributed by atoms with Crippen LogP contribution in [0.4, 0.5) is 4.39 Å². The molecular weight excluding hydrogens is 219 g/mol. The SMILES string of the molecule is CC(C)[C@@H](CO)NCc1ccc(C#N)cc1F. The number of nitrogens with one attached hydrogen (secondary N) is 1. The van der Waals surface area contributed by atoms with E-state index >= 15 is 0 Å². The van der Waals surface area contributed by atoms with Crippen molar-refractivity contribution >= 4 is 0 Å². The summed E-state index contributed by atoms with van der Waals surface area (Å²) in [7, 11) is 0. The number of aliphatic hydroxyl groups is 1. The van der Waals surface area contributed by atoms with Gasteiger partial charge in [-0.25, -0.2) is 4.39 Å². The molecule has 0 saturated heterocycles. The Labute approximate surface area is 101 Å². The quantitative estimate of drug-likeness (QED) is 0.819. The first-order chi connectivity index (χ1) is 8.08. The van der Waals surface area contributed by atoms with Gasteiger partial charge in [0.05, 0.1) is 18.2 Å². The van der Waals surface area contributed by atoms with E-state index in [-0.39, 0.29) is 18.6 Å². The minimum atomic E-state index is -0.392. The summed E-state index contributed by atoms with van der Waals surface area (Å²) in [5.74, 6) is -0.113. The van der Waals surface area contributed by atoms with Crippen molar-refractivity contribution in [2.75, 3.05) is 6.61 Å². The van der Waals surface area contributed by atoms with Gasteiger partial charge in [0.15, 0.2) is 0 Å². The molecule has 92 valence electrons. The summed E-state index contributed by atoms with van der Waals surface area (Å²) in [6.45, 7) is 4.35. The molecular formula is C13H17FN2O. The Morgan fingerprint density at radius 1 is 1.47 bits per heavy atom. The first-order valence-corrected chi connectivity index (χ1v) is 5.61. The van der Waals surface area contributed by atoms with E-state index in [0.29, 0.717) is 17.7 Å². The van der Waals surface area contributed by atoms with Crippen molar-refractivity contribution in [3.05, 3.63) is 35.1 Å². The molecule has 3 nitrogen and oxygen atoms in total. The highest BCUT2D eigenvalue weighted by Crippen LogP contribution is 2.11. The Hall–Kier alpha value is -1.44. The largest absolute Gasteiger partial charge is 0.395 e. The molecule has 1 aromatic rings. The standard InChI is InChI=1S/C13H17FN2O/c1-9(2)13(8-17)16-7-11-4-3-10(6-15)5-12(11)14/h3-5,9,13,16-17H,7-8H2,1-2H3/t13-/m1/s1. The summed E-state index contributed by atoms with van der Waals surface area (Å²) < 4.78 is 13.5. The Kier molecular flexibility index (Phi) is 5.08. The first kappa shape index (κ1) is 13.6. The minimum absolute atomic E-state index is 0.0234. The van der Waals surface area contributed by atoms with E-state index < -0.39 is 5.82 Å². The van der Waals surface area contributed by atoms with Crippen LogP contribution in [0.5, 0.6) is 0 Å². The number of hydrogen-bond donors (Lipinski definition) is 2. The predicted molar refractivity (Wildman–Crippen MR) is 63.7 cm³/mol. The zero-order valence-corrected chi connectivity index (χ0v) is 10.1. The van der Waals surface area contributed by atoms with Crippen LogP contribution in [-0.2, 0) is 6.54 Å².